The van der Waals surface area contributed by atoms with Gasteiger partial charge in [-0.1, -0.05) is 0 Å². The van der Waals surface area contributed by atoms with Crippen LogP contribution in [0.5, 0.6) is 0 Å². The fourth-order valence-corrected chi connectivity index (χ4v) is 2.08. The lowest BCUT2D eigenvalue weighted by Crippen LogP contribution is -1.96. The van der Waals surface area contributed by atoms with Crippen molar-refractivity contribution >= 4 is 11.4 Å². The van der Waals surface area contributed by atoms with E-state index in [1.54, 1.807) is 32.0 Å². The first-order valence-electron chi connectivity index (χ1n) is 5.91. The molecule has 0 heterocycles. The second-order valence-electron chi connectivity index (χ2n) is 4.44. The molecule has 0 atom stereocenters. The summed E-state index contributed by atoms with van der Waals surface area (Å²) in [5.41, 5.74) is 3.13. The number of hydrogen-bond acceptors (Lipinski definition) is 4. The van der Waals surface area contributed by atoms with E-state index < -0.39 is 9.85 Å². The molecule has 0 amide bonds. The maximum absolute atomic E-state index is 10.9. The summed E-state index contributed by atoms with van der Waals surface area (Å²) >= 11 is 0. The van der Waals surface area contributed by atoms with E-state index in [-0.39, 0.29) is 11.4 Å². The molecule has 0 fully saturated rings. The van der Waals surface area contributed by atoms with Crippen LogP contribution in [-0.2, 0) is 0 Å². The summed E-state index contributed by atoms with van der Waals surface area (Å²) in [5.74, 6) is 0. The number of nitro benzene ring substituents is 2. The molecule has 0 bridgehead atoms. The first-order chi connectivity index (χ1) is 9.41. The van der Waals surface area contributed by atoms with E-state index in [0.29, 0.717) is 5.56 Å². The molecule has 6 nitrogen and oxygen atoms in total. The first kappa shape index (κ1) is 13.7. The van der Waals surface area contributed by atoms with Gasteiger partial charge in [-0.3, -0.25) is 20.2 Å². The van der Waals surface area contributed by atoms with Crippen LogP contribution in [0.3, 0.4) is 0 Å². The molecule has 0 saturated heterocycles. The normalized spacial score (nSPS) is 10.3. The summed E-state index contributed by atoms with van der Waals surface area (Å²) in [7, 11) is 0. The van der Waals surface area contributed by atoms with E-state index in [4.69, 9.17) is 0 Å². The van der Waals surface area contributed by atoms with Crippen LogP contribution >= 0.6 is 0 Å². The molecule has 2 aromatic rings. The SMILES string of the molecule is Cc1c(-c2ccc([N+](=O)[O-])cc2)ccc([N+](=O)[O-])c1C. The van der Waals surface area contributed by atoms with Gasteiger partial charge in [0.15, 0.2) is 0 Å². The largest absolute Gasteiger partial charge is 0.272 e. The van der Waals surface area contributed by atoms with Gasteiger partial charge in [0.25, 0.3) is 11.4 Å². The van der Waals surface area contributed by atoms with Gasteiger partial charge in [0.2, 0.25) is 0 Å². The molecule has 0 saturated carbocycles. The number of nitro groups is 2. The molecule has 0 aliphatic rings. The zero-order valence-corrected chi connectivity index (χ0v) is 11.0. The van der Waals surface area contributed by atoms with Gasteiger partial charge in [-0.25, -0.2) is 0 Å². The van der Waals surface area contributed by atoms with Crippen molar-refractivity contribution in [2.24, 2.45) is 0 Å². The van der Waals surface area contributed by atoms with E-state index in [1.165, 1.54) is 18.2 Å². The Bertz CT molecular complexity index is 693. The van der Waals surface area contributed by atoms with Crippen molar-refractivity contribution in [3.63, 3.8) is 0 Å². The number of benzene rings is 2. The van der Waals surface area contributed by atoms with Crippen molar-refractivity contribution in [1.82, 2.24) is 0 Å². The van der Waals surface area contributed by atoms with E-state index in [9.17, 15) is 20.2 Å². The maximum Gasteiger partial charge on any atom is 0.272 e. The highest BCUT2D eigenvalue weighted by Gasteiger charge is 2.15. The molecule has 0 aliphatic carbocycles. The minimum absolute atomic E-state index is 0.0186. The molecular weight excluding hydrogens is 260 g/mol. The van der Waals surface area contributed by atoms with Crippen molar-refractivity contribution in [2.75, 3.05) is 0 Å². The molecule has 0 unspecified atom stereocenters. The molecule has 0 aromatic heterocycles. The number of hydrogen-bond donors (Lipinski definition) is 0. The predicted molar refractivity (Wildman–Crippen MR) is 74.7 cm³/mol. The Kier molecular flexibility index (Phi) is 3.47. The summed E-state index contributed by atoms with van der Waals surface area (Å²) in [6.45, 7) is 3.50. The monoisotopic (exact) mass is 272 g/mol. The van der Waals surface area contributed by atoms with Gasteiger partial charge in [-0.2, -0.15) is 0 Å². The molecule has 2 rings (SSSR count). The predicted octanol–water partition coefficient (Wildman–Crippen LogP) is 3.79. The molecule has 0 N–H and O–H groups in total. The zero-order chi connectivity index (χ0) is 14.9. The molecule has 0 spiro atoms. The highest BCUT2D eigenvalue weighted by Crippen LogP contribution is 2.31. The van der Waals surface area contributed by atoms with Gasteiger partial charge in [-0.05, 0) is 48.7 Å². The fourth-order valence-electron chi connectivity index (χ4n) is 2.08. The third-order valence-electron chi connectivity index (χ3n) is 3.34. The Morgan fingerprint density at radius 3 is 1.90 bits per heavy atom. The zero-order valence-electron chi connectivity index (χ0n) is 11.0. The molecule has 20 heavy (non-hydrogen) atoms. The minimum Gasteiger partial charge on any atom is -0.258 e. The summed E-state index contributed by atoms with van der Waals surface area (Å²) in [6, 6.07) is 9.26. The highest BCUT2D eigenvalue weighted by atomic mass is 16.6. The Morgan fingerprint density at radius 2 is 1.40 bits per heavy atom. The molecule has 102 valence electrons. The average Bonchev–Trinajstić information content (AvgIpc) is 2.41. The second-order valence-corrected chi connectivity index (χ2v) is 4.44. The number of non-ortho nitro benzene ring substituents is 1. The van der Waals surface area contributed by atoms with E-state index >= 15 is 0 Å². The molecule has 0 aliphatic heterocycles. The Hall–Kier alpha value is -2.76. The smallest absolute Gasteiger partial charge is 0.258 e. The van der Waals surface area contributed by atoms with Crippen LogP contribution in [0.25, 0.3) is 11.1 Å². The Balaban J connectivity index is 2.51. The van der Waals surface area contributed by atoms with Gasteiger partial charge in [-0.15, -0.1) is 0 Å². The summed E-state index contributed by atoms with van der Waals surface area (Å²) in [4.78, 5) is 20.6. The topological polar surface area (TPSA) is 86.3 Å². The van der Waals surface area contributed by atoms with Crippen LogP contribution < -0.4 is 0 Å². The number of nitrogens with zero attached hydrogens (tertiary/aromatic N) is 2. The van der Waals surface area contributed by atoms with Crippen LogP contribution in [0.1, 0.15) is 11.1 Å². The van der Waals surface area contributed by atoms with Crippen molar-refractivity contribution in [2.45, 2.75) is 13.8 Å². The third-order valence-corrected chi connectivity index (χ3v) is 3.34. The van der Waals surface area contributed by atoms with Crippen LogP contribution in [0.4, 0.5) is 11.4 Å². The third kappa shape index (κ3) is 2.35. The molecule has 2 aromatic carbocycles. The van der Waals surface area contributed by atoms with Gasteiger partial charge in [0.1, 0.15) is 0 Å². The van der Waals surface area contributed by atoms with Gasteiger partial charge >= 0.3 is 0 Å². The lowest BCUT2D eigenvalue weighted by atomic mass is 9.96. The van der Waals surface area contributed by atoms with Crippen molar-refractivity contribution in [1.29, 1.82) is 0 Å². The van der Waals surface area contributed by atoms with E-state index in [2.05, 4.69) is 0 Å². The molecular formula is C14H12N2O4. The minimum atomic E-state index is -0.461. The summed E-state index contributed by atoms with van der Waals surface area (Å²) < 4.78 is 0. The van der Waals surface area contributed by atoms with Crippen molar-refractivity contribution in [3.8, 4) is 11.1 Å². The van der Waals surface area contributed by atoms with E-state index in [1.807, 2.05) is 0 Å². The first-order valence-corrected chi connectivity index (χ1v) is 5.91. The quantitative estimate of drug-likeness (QED) is 0.628. The number of rotatable bonds is 3. The summed E-state index contributed by atoms with van der Waals surface area (Å²) in [6.07, 6.45) is 0. The second kappa shape index (κ2) is 5.08. The maximum atomic E-state index is 10.9. The standard InChI is InChI=1S/C14H12N2O4/c1-9-10(2)14(16(19)20)8-7-13(9)11-3-5-12(6-4-11)15(17)18/h3-8H,1-2H3. The van der Waals surface area contributed by atoms with Crippen molar-refractivity contribution in [3.05, 3.63) is 67.8 Å². The van der Waals surface area contributed by atoms with Crippen LogP contribution in [-0.4, -0.2) is 9.85 Å². The lowest BCUT2D eigenvalue weighted by Gasteiger charge is -2.09. The summed E-state index contributed by atoms with van der Waals surface area (Å²) in [5, 5.41) is 21.5. The van der Waals surface area contributed by atoms with Crippen molar-refractivity contribution < 1.29 is 9.85 Å². The highest BCUT2D eigenvalue weighted by molar-refractivity contribution is 5.71. The Morgan fingerprint density at radius 1 is 0.800 bits per heavy atom. The van der Waals surface area contributed by atoms with Crippen LogP contribution in [0.15, 0.2) is 36.4 Å². The average molecular weight is 272 g/mol. The molecule has 6 heteroatoms. The van der Waals surface area contributed by atoms with E-state index in [0.717, 1.165) is 16.7 Å². The fraction of sp³-hybridized carbons (Fsp3) is 0.143. The lowest BCUT2D eigenvalue weighted by molar-refractivity contribution is -0.385. The van der Waals surface area contributed by atoms with Crippen LogP contribution in [0, 0.1) is 34.1 Å². The molecule has 0 radical (unpaired) electrons. The van der Waals surface area contributed by atoms with Gasteiger partial charge < -0.3 is 0 Å². The van der Waals surface area contributed by atoms with Crippen LogP contribution in [0.2, 0.25) is 0 Å². The van der Waals surface area contributed by atoms with Gasteiger partial charge in [0, 0.05) is 23.8 Å². The van der Waals surface area contributed by atoms with Gasteiger partial charge in [0.05, 0.1) is 9.85 Å². The Labute approximate surface area is 115 Å².